The number of aromatic nitrogens is 1. The fraction of sp³-hybridized carbons (Fsp3) is 0.280. The molecule has 0 fully saturated rings. The zero-order chi connectivity index (χ0) is 28.6. The van der Waals surface area contributed by atoms with E-state index in [-0.39, 0.29) is 19.7 Å². The Morgan fingerprint density at radius 2 is 1.82 bits per heavy atom. The number of rotatable bonds is 13. The van der Waals surface area contributed by atoms with Crippen LogP contribution in [0.5, 0.6) is 11.5 Å². The molecule has 2 N–H and O–H groups in total. The standard InChI is InChI=1S/C25H28N4O8S2/c1-36-21-13-18(14-22(37-2)25(21)38-3)19-12-17(8-9-26-19)16-28(10-11-30)24(31)15-27-39(34,35)23-7-5-4-6-20(23)29(32)33/h4-9,12-14,27,30H,10-11,15-16H2,1-3H3. The number of thioether (sulfide) groups is 1. The number of benzene rings is 2. The van der Waals surface area contributed by atoms with Gasteiger partial charge in [-0.05, 0) is 42.2 Å². The molecule has 1 amide bonds. The normalized spacial score (nSPS) is 11.2. The first-order valence-electron chi connectivity index (χ1n) is 11.5. The van der Waals surface area contributed by atoms with Crippen molar-refractivity contribution in [3.63, 3.8) is 0 Å². The number of hydrogen-bond acceptors (Lipinski definition) is 10. The fourth-order valence-electron chi connectivity index (χ4n) is 3.77. The second kappa shape index (κ2) is 13.4. The molecule has 3 rings (SSSR count). The molecule has 1 aromatic heterocycles. The van der Waals surface area contributed by atoms with Gasteiger partial charge in [0, 0.05) is 30.9 Å². The van der Waals surface area contributed by atoms with Crippen LogP contribution in [0.25, 0.3) is 11.3 Å². The second-order valence-corrected chi connectivity index (χ2v) is 10.6. The largest absolute Gasteiger partial charge is 0.495 e. The van der Waals surface area contributed by atoms with Gasteiger partial charge in [0.25, 0.3) is 5.69 Å². The van der Waals surface area contributed by atoms with E-state index in [4.69, 9.17) is 9.47 Å². The number of aliphatic hydroxyl groups excluding tert-OH is 1. The van der Waals surface area contributed by atoms with Crippen molar-refractivity contribution in [2.75, 3.05) is 40.2 Å². The number of nitro benzene ring substituents is 1. The summed E-state index contributed by atoms with van der Waals surface area (Å²) < 4.78 is 38.5. The van der Waals surface area contributed by atoms with Gasteiger partial charge in [-0.3, -0.25) is 19.9 Å². The summed E-state index contributed by atoms with van der Waals surface area (Å²) in [6.07, 6.45) is 3.48. The van der Waals surface area contributed by atoms with E-state index in [0.29, 0.717) is 22.8 Å². The number of methoxy groups -OCH3 is 2. The molecule has 0 bridgehead atoms. The molecule has 3 aromatic rings. The first-order chi connectivity index (χ1) is 18.6. The SMILES string of the molecule is COc1cc(-c2cc(CN(CCO)C(=O)CNS(=O)(=O)c3ccccc3[N+](=O)[O-])ccn2)cc(OC)c1SC. The number of amides is 1. The van der Waals surface area contributed by atoms with Gasteiger partial charge in [-0.25, -0.2) is 13.1 Å². The molecule has 39 heavy (non-hydrogen) atoms. The van der Waals surface area contributed by atoms with E-state index >= 15 is 0 Å². The lowest BCUT2D eigenvalue weighted by molar-refractivity contribution is -0.387. The van der Waals surface area contributed by atoms with Crippen LogP contribution in [0.1, 0.15) is 5.56 Å². The molecule has 0 spiro atoms. The first kappa shape index (κ1) is 29.8. The van der Waals surface area contributed by atoms with Crippen molar-refractivity contribution in [1.82, 2.24) is 14.6 Å². The predicted molar refractivity (Wildman–Crippen MR) is 145 cm³/mol. The molecule has 0 aliphatic heterocycles. The van der Waals surface area contributed by atoms with Crippen LogP contribution in [0.2, 0.25) is 0 Å². The number of aliphatic hydroxyl groups is 1. The molecule has 14 heteroatoms. The molecule has 208 valence electrons. The highest BCUT2D eigenvalue weighted by Crippen LogP contribution is 2.40. The van der Waals surface area contributed by atoms with Crippen molar-refractivity contribution >= 4 is 33.4 Å². The number of nitrogens with one attached hydrogen (secondary N) is 1. The molecule has 0 aliphatic carbocycles. The van der Waals surface area contributed by atoms with E-state index in [9.17, 15) is 28.4 Å². The van der Waals surface area contributed by atoms with Crippen molar-refractivity contribution in [2.45, 2.75) is 16.3 Å². The lowest BCUT2D eigenvalue weighted by atomic mass is 10.1. The van der Waals surface area contributed by atoms with Crippen LogP contribution < -0.4 is 14.2 Å². The van der Waals surface area contributed by atoms with Crippen LogP contribution in [-0.2, 0) is 21.4 Å². The average molecular weight is 577 g/mol. The van der Waals surface area contributed by atoms with Gasteiger partial charge in [0.1, 0.15) is 11.5 Å². The first-order valence-corrected chi connectivity index (χ1v) is 14.2. The summed E-state index contributed by atoms with van der Waals surface area (Å²) >= 11 is 1.48. The van der Waals surface area contributed by atoms with Gasteiger partial charge in [-0.15, -0.1) is 11.8 Å². The summed E-state index contributed by atoms with van der Waals surface area (Å²) in [4.78, 5) is 29.3. The van der Waals surface area contributed by atoms with E-state index in [2.05, 4.69) is 9.71 Å². The van der Waals surface area contributed by atoms with Crippen LogP contribution in [-0.4, -0.2) is 74.4 Å². The van der Waals surface area contributed by atoms with E-state index in [0.717, 1.165) is 22.6 Å². The van der Waals surface area contributed by atoms with Gasteiger partial charge >= 0.3 is 0 Å². The minimum Gasteiger partial charge on any atom is -0.495 e. The summed E-state index contributed by atoms with van der Waals surface area (Å²) in [5.74, 6) is 0.608. The number of pyridine rings is 1. The van der Waals surface area contributed by atoms with E-state index < -0.39 is 38.0 Å². The molecule has 12 nitrogen and oxygen atoms in total. The van der Waals surface area contributed by atoms with E-state index in [1.54, 1.807) is 32.5 Å². The van der Waals surface area contributed by atoms with Crippen molar-refractivity contribution in [2.24, 2.45) is 0 Å². The van der Waals surface area contributed by atoms with Crippen LogP contribution >= 0.6 is 11.8 Å². The third-order valence-corrected chi connectivity index (χ3v) is 7.91. The van der Waals surface area contributed by atoms with Crippen LogP contribution in [0.3, 0.4) is 0 Å². The van der Waals surface area contributed by atoms with Crippen LogP contribution in [0.4, 0.5) is 5.69 Å². The van der Waals surface area contributed by atoms with E-state index in [1.807, 2.05) is 18.4 Å². The number of hydrogen-bond donors (Lipinski definition) is 2. The molecule has 0 unspecified atom stereocenters. The predicted octanol–water partition coefficient (Wildman–Crippen LogP) is 2.70. The second-order valence-electron chi connectivity index (χ2n) is 8.05. The number of nitrogens with zero attached hydrogens (tertiary/aromatic N) is 3. The summed E-state index contributed by atoms with van der Waals surface area (Å²) in [7, 11) is -1.23. The molecular weight excluding hydrogens is 548 g/mol. The topological polar surface area (TPSA) is 161 Å². The Hall–Kier alpha value is -3.72. The third kappa shape index (κ3) is 7.23. The summed E-state index contributed by atoms with van der Waals surface area (Å²) in [6.45, 7) is -1.02. The minimum atomic E-state index is -4.35. The van der Waals surface area contributed by atoms with Gasteiger partial charge in [0.2, 0.25) is 15.9 Å². The Balaban J connectivity index is 1.81. The molecule has 0 radical (unpaired) electrons. The molecular formula is C25H28N4O8S2. The molecule has 0 saturated heterocycles. The highest BCUT2D eigenvalue weighted by atomic mass is 32.2. The third-order valence-electron chi connectivity index (χ3n) is 5.65. The lowest BCUT2D eigenvalue weighted by Gasteiger charge is -2.22. The van der Waals surface area contributed by atoms with Crippen molar-refractivity contribution in [3.8, 4) is 22.8 Å². The zero-order valence-corrected chi connectivity index (χ0v) is 23.1. The van der Waals surface area contributed by atoms with Gasteiger partial charge < -0.3 is 19.5 Å². The zero-order valence-electron chi connectivity index (χ0n) is 21.5. The Bertz CT molecular complexity index is 1420. The summed E-state index contributed by atoms with van der Waals surface area (Å²) in [5.41, 5.74) is 1.38. The number of carbonyl (C=O) groups excluding carboxylic acids is 1. The monoisotopic (exact) mass is 576 g/mol. The fourth-order valence-corrected chi connectivity index (χ4v) is 5.61. The van der Waals surface area contributed by atoms with Crippen molar-refractivity contribution in [3.05, 3.63) is 70.4 Å². The minimum absolute atomic E-state index is 0.0549. The Morgan fingerprint density at radius 1 is 1.15 bits per heavy atom. The maximum Gasteiger partial charge on any atom is 0.289 e. The van der Waals surface area contributed by atoms with Gasteiger partial charge in [-0.2, -0.15) is 0 Å². The molecule has 1 heterocycles. The van der Waals surface area contributed by atoms with Crippen molar-refractivity contribution in [1.29, 1.82) is 0 Å². The van der Waals surface area contributed by atoms with Gasteiger partial charge in [0.05, 0.1) is 42.9 Å². The smallest absolute Gasteiger partial charge is 0.289 e. The number of carbonyl (C=O) groups is 1. The summed E-state index contributed by atoms with van der Waals surface area (Å²) in [6, 6.07) is 12.0. The summed E-state index contributed by atoms with van der Waals surface area (Å²) in [5, 5.41) is 20.7. The Kier molecular flexibility index (Phi) is 10.2. The Morgan fingerprint density at radius 3 is 2.41 bits per heavy atom. The number of nitro groups is 1. The number of sulfonamides is 1. The van der Waals surface area contributed by atoms with Crippen LogP contribution in [0, 0.1) is 10.1 Å². The van der Waals surface area contributed by atoms with Crippen LogP contribution in [0.15, 0.2) is 64.5 Å². The van der Waals surface area contributed by atoms with E-state index in [1.165, 1.54) is 28.8 Å². The number of ether oxygens (including phenoxy) is 2. The molecule has 0 aliphatic rings. The molecule has 2 aromatic carbocycles. The highest BCUT2D eigenvalue weighted by Gasteiger charge is 2.26. The van der Waals surface area contributed by atoms with Gasteiger partial charge in [0.15, 0.2) is 4.90 Å². The van der Waals surface area contributed by atoms with Crippen molar-refractivity contribution < 1.29 is 32.7 Å². The molecule has 0 atom stereocenters. The Labute approximate surface area is 230 Å². The lowest BCUT2D eigenvalue weighted by Crippen LogP contribution is -2.41. The quantitative estimate of drug-likeness (QED) is 0.176. The number of para-hydroxylation sites is 1. The maximum absolute atomic E-state index is 12.9. The van der Waals surface area contributed by atoms with Gasteiger partial charge in [-0.1, -0.05) is 12.1 Å². The molecule has 0 saturated carbocycles. The maximum atomic E-state index is 12.9. The average Bonchev–Trinajstić information content (AvgIpc) is 2.94. The highest BCUT2D eigenvalue weighted by molar-refractivity contribution is 7.98.